The zero-order chi connectivity index (χ0) is 13.3. The highest BCUT2D eigenvalue weighted by atomic mass is 16.4. The van der Waals surface area contributed by atoms with Crippen LogP contribution in [0.4, 0.5) is 0 Å². The zero-order valence-corrected chi connectivity index (χ0v) is 10.7. The van der Waals surface area contributed by atoms with Crippen LogP contribution in [-0.2, 0) is 7.05 Å². The number of aryl methyl sites for hydroxylation is 1. The molecule has 2 atom stereocenters. The monoisotopic (exact) mass is 249 g/mol. The second kappa shape index (κ2) is 4.96. The van der Waals surface area contributed by atoms with Crippen molar-refractivity contribution in [2.24, 2.45) is 18.5 Å². The SMILES string of the molecule is CC(N)CCC(N)c1ccc2c(c1)oc(=O)n2C. The minimum atomic E-state index is -0.355. The van der Waals surface area contributed by atoms with Gasteiger partial charge in [-0.2, -0.15) is 0 Å². The van der Waals surface area contributed by atoms with Crippen LogP contribution in [0, 0.1) is 0 Å². The van der Waals surface area contributed by atoms with E-state index in [-0.39, 0.29) is 17.8 Å². The first kappa shape index (κ1) is 12.9. The summed E-state index contributed by atoms with van der Waals surface area (Å²) in [4.78, 5) is 11.4. The quantitative estimate of drug-likeness (QED) is 0.854. The lowest BCUT2D eigenvalue weighted by molar-refractivity contribution is 0.526. The second-order valence-electron chi connectivity index (χ2n) is 4.82. The summed E-state index contributed by atoms with van der Waals surface area (Å²) < 4.78 is 6.62. The molecule has 5 heteroatoms. The van der Waals surface area contributed by atoms with E-state index in [0.29, 0.717) is 5.58 Å². The molecule has 4 N–H and O–H groups in total. The average molecular weight is 249 g/mol. The van der Waals surface area contributed by atoms with Crippen molar-refractivity contribution in [3.63, 3.8) is 0 Å². The molecule has 0 spiro atoms. The molecule has 1 aromatic heterocycles. The minimum Gasteiger partial charge on any atom is -0.408 e. The molecule has 0 saturated heterocycles. The van der Waals surface area contributed by atoms with Crippen LogP contribution in [0.2, 0.25) is 0 Å². The molecular weight excluding hydrogens is 230 g/mol. The van der Waals surface area contributed by atoms with Crippen LogP contribution in [-0.4, -0.2) is 10.6 Å². The van der Waals surface area contributed by atoms with Crippen molar-refractivity contribution in [1.29, 1.82) is 0 Å². The van der Waals surface area contributed by atoms with E-state index in [2.05, 4.69) is 0 Å². The van der Waals surface area contributed by atoms with E-state index < -0.39 is 0 Å². The summed E-state index contributed by atoms with van der Waals surface area (Å²) in [5.41, 5.74) is 14.1. The number of rotatable bonds is 4. The van der Waals surface area contributed by atoms with Crippen LogP contribution in [0.5, 0.6) is 0 Å². The largest absolute Gasteiger partial charge is 0.419 e. The van der Waals surface area contributed by atoms with E-state index in [1.54, 1.807) is 7.05 Å². The molecule has 1 aromatic carbocycles. The van der Waals surface area contributed by atoms with Crippen molar-refractivity contribution in [3.05, 3.63) is 34.3 Å². The van der Waals surface area contributed by atoms with Crippen molar-refractivity contribution < 1.29 is 4.42 Å². The van der Waals surface area contributed by atoms with E-state index in [1.165, 1.54) is 4.57 Å². The lowest BCUT2D eigenvalue weighted by Crippen LogP contribution is -2.18. The fourth-order valence-electron chi connectivity index (χ4n) is 1.99. The lowest BCUT2D eigenvalue weighted by Gasteiger charge is -2.13. The van der Waals surface area contributed by atoms with Crippen LogP contribution >= 0.6 is 0 Å². The summed E-state index contributed by atoms with van der Waals surface area (Å²) in [5.74, 6) is -0.355. The van der Waals surface area contributed by atoms with Crippen molar-refractivity contribution in [2.45, 2.75) is 31.8 Å². The van der Waals surface area contributed by atoms with Crippen LogP contribution in [0.3, 0.4) is 0 Å². The van der Waals surface area contributed by atoms with Gasteiger partial charge in [-0.1, -0.05) is 6.07 Å². The van der Waals surface area contributed by atoms with Gasteiger partial charge in [0, 0.05) is 19.1 Å². The topological polar surface area (TPSA) is 87.2 Å². The Morgan fingerprint density at radius 3 is 2.72 bits per heavy atom. The lowest BCUT2D eigenvalue weighted by atomic mass is 10.0. The maximum absolute atomic E-state index is 11.4. The van der Waals surface area contributed by atoms with Crippen LogP contribution in [0.25, 0.3) is 11.1 Å². The Bertz CT molecular complexity index is 598. The third-order valence-electron chi connectivity index (χ3n) is 3.18. The predicted molar refractivity (Wildman–Crippen MR) is 71.3 cm³/mol. The van der Waals surface area contributed by atoms with E-state index in [0.717, 1.165) is 23.9 Å². The maximum atomic E-state index is 11.4. The summed E-state index contributed by atoms with van der Waals surface area (Å²) in [7, 11) is 1.68. The zero-order valence-electron chi connectivity index (χ0n) is 10.7. The molecule has 5 nitrogen and oxygen atoms in total. The van der Waals surface area contributed by atoms with E-state index >= 15 is 0 Å². The highest BCUT2D eigenvalue weighted by Crippen LogP contribution is 2.21. The smallest absolute Gasteiger partial charge is 0.408 e. The number of oxazole rings is 1. The highest BCUT2D eigenvalue weighted by Gasteiger charge is 2.11. The van der Waals surface area contributed by atoms with Crippen molar-refractivity contribution in [3.8, 4) is 0 Å². The summed E-state index contributed by atoms with van der Waals surface area (Å²) in [6, 6.07) is 5.70. The number of fused-ring (bicyclic) bond motifs is 1. The molecule has 0 bridgehead atoms. The van der Waals surface area contributed by atoms with E-state index in [1.807, 2.05) is 25.1 Å². The number of aromatic nitrogens is 1. The first-order valence-electron chi connectivity index (χ1n) is 6.09. The summed E-state index contributed by atoms with van der Waals surface area (Å²) >= 11 is 0. The predicted octanol–water partition coefficient (Wildman–Crippen LogP) is 1.26. The molecule has 0 aliphatic rings. The third kappa shape index (κ3) is 2.47. The molecule has 2 rings (SSSR count). The Labute approximate surface area is 105 Å². The van der Waals surface area contributed by atoms with Gasteiger partial charge in [0.05, 0.1) is 5.52 Å². The minimum absolute atomic E-state index is 0.0779. The van der Waals surface area contributed by atoms with Crippen LogP contribution < -0.4 is 17.2 Å². The number of nitrogens with two attached hydrogens (primary N) is 2. The molecule has 0 radical (unpaired) electrons. The van der Waals surface area contributed by atoms with Gasteiger partial charge in [-0.25, -0.2) is 4.79 Å². The molecule has 0 saturated carbocycles. The number of benzene rings is 1. The second-order valence-corrected chi connectivity index (χ2v) is 4.82. The molecule has 1 heterocycles. The standard InChI is InChI=1S/C13H19N3O2/c1-8(14)3-5-10(15)9-4-6-11-12(7-9)18-13(17)16(11)2/h4,6-8,10H,3,5,14-15H2,1-2H3. The molecule has 0 amide bonds. The van der Waals surface area contributed by atoms with Crippen molar-refractivity contribution >= 4 is 11.1 Å². The summed E-state index contributed by atoms with van der Waals surface area (Å²) in [6.45, 7) is 1.96. The Hall–Kier alpha value is -1.59. The molecular formula is C13H19N3O2. The van der Waals surface area contributed by atoms with Gasteiger partial charge in [-0.15, -0.1) is 0 Å². The van der Waals surface area contributed by atoms with Gasteiger partial charge in [0.15, 0.2) is 5.58 Å². The fourth-order valence-corrected chi connectivity index (χ4v) is 1.99. The molecule has 18 heavy (non-hydrogen) atoms. The molecule has 0 aliphatic heterocycles. The number of hydrogen-bond acceptors (Lipinski definition) is 4. The normalized spacial score (nSPS) is 14.9. The van der Waals surface area contributed by atoms with Crippen molar-refractivity contribution in [2.75, 3.05) is 0 Å². The third-order valence-corrected chi connectivity index (χ3v) is 3.18. The Morgan fingerprint density at radius 2 is 2.06 bits per heavy atom. The molecule has 0 aliphatic carbocycles. The Balaban J connectivity index is 2.27. The van der Waals surface area contributed by atoms with E-state index in [4.69, 9.17) is 15.9 Å². The van der Waals surface area contributed by atoms with Gasteiger partial charge in [0.25, 0.3) is 0 Å². The molecule has 2 aromatic rings. The van der Waals surface area contributed by atoms with Gasteiger partial charge in [0.2, 0.25) is 0 Å². The van der Waals surface area contributed by atoms with Gasteiger partial charge in [-0.05, 0) is 37.5 Å². The average Bonchev–Trinajstić information content (AvgIpc) is 2.61. The molecule has 0 fully saturated rings. The summed E-state index contributed by atoms with van der Waals surface area (Å²) in [5, 5.41) is 0. The van der Waals surface area contributed by atoms with E-state index in [9.17, 15) is 4.79 Å². The molecule has 2 unspecified atom stereocenters. The van der Waals surface area contributed by atoms with Gasteiger partial charge < -0.3 is 15.9 Å². The van der Waals surface area contributed by atoms with Gasteiger partial charge in [-0.3, -0.25) is 4.57 Å². The van der Waals surface area contributed by atoms with Gasteiger partial charge >= 0.3 is 5.76 Å². The first-order chi connectivity index (χ1) is 8.49. The number of nitrogens with zero attached hydrogens (tertiary/aromatic N) is 1. The van der Waals surface area contributed by atoms with Crippen LogP contribution in [0.1, 0.15) is 31.4 Å². The van der Waals surface area contributed by atoms with Gasteiger partial charge in [0.1, 0.15) is 0 Å². The fraction of sp³-hybridized carbons (Fsp3) is 0.462. The van der Waals surface area contributed by atoms with Crippen LogP contribution in [0.15, 0.2) is 27.4 Å². The maximum Gasteiger partial charge on any atom is 0.419 e. The number of hydrogen-bond donors (Lipinski definition) is 2. The molecule has 98 valence electrons. The Morgan fingerprint density at radius 1 is 1.33 bits per heavy atom. The summed E-state index contributed by atoms with van der Waals surface area (Å²) in [6.07, 6.45) is 1.69. The first-order valence-corrected chi connectivity index (χ1v) is 6.09. The van der Waals surface area contributed by atoms with Crippen molar-refractivity contribution in [1.82, 2.24) is 4.57 Å². The highest BCUT2D eigenvalue weighted by molar-refractivity contribution is 5.73. The Kier molecular flexibility index (Phi) is 3.54.